The fourth-order valence-corrected chi connectivity index (χ4v) is 6.36. The lowest BCUT2D eigenvalue weighted by Gasteiger charge is -2.27. The highest BCUT2D eigenvalue weighted by atomic mass is 15.2. The minimum absolute atomic E-state index is 0.0697. The predicted molar refractivity (Wildman–Crippen MR) is 167 cm³/mol. The minimum Gasteiger partial charge on any atom is -0.344 e. The van der Waals surface area contributed by atoms with E-state index in [4.69, 9.17) is 0 Å². The summed E-state index contributed by atoms with van der Waals surface area (Å²) >= 11 is 0. The van der Waals surface area contributed by atoms with Crippen molar-refractivity contribution in [1.82, 2.24) is 0 Å². The quantitative estimate of drug-likeness (QED) is 0.230. The van der Waals surface area contributed by atoms with Gasteiger partial charge in [-0.25, -0.2) is 0 Å². The molecule has 2 nitrogen and oxygen atoms in total. The molecule has 0 aliphatic carbocycles. The van der Waals surface area contributed by atoms with Gasteiger partial charge in [-0.15, -0.1) is 0 Å². The van der Waals surface area contributed by atoms with Gasteiger partial charge in [-0.2, -0.15) is 4.58 Å². The van der Waals surface area contributed by atoms with Crippen molar-refractivity contribution in [3.05, 3.63) is 115 Å². The zero-order chi connectivity index (χ0) is 27.5. The Bertz CT molecular complexity index is 1390. The van der Waals surface area contributed by atoms with Gasteiger partial charge in [0.05, 0.1) is 5.41 Å². The molecule has 0 spiro atoms. The van der Waals surface area contributed by atoms with Crippen LogP contribution in [0.4, 0.5) is 5.69 Å². The Labute approximate surface area is 230 Å². The highest BCUT2D eigenvalue weighted by Crippen LogP contribution is 2.50. The Balaban J connectivity index is 1.69. The Morgan fingerprint density at radius 2 is 1.63 bits per heavy atom. The molecule has 0 unspecified atom stereocenters. The first-order chi connectivity index (χ1) is 18.2. The van der Waals surface area contributed by atoms with Crippen molar-refractivity contribution in [2.24, 2.45) is 5.41 Å². The zero-order valence-electron chi connectivity index (χ0n) is 24.3. The van der Waals surface area contributed by atoms with Crippen molar-refractivity contribution in [1.29, 1.82) is 0 Å². The molecular formula is C36H45N2+. The van der Waals surface area contributed by atoms with E-state index in [1.807, 2.05) is 12.2 Å². The summed E-state index contributed by atoms with van der Waals surface area (Å²) in [7, 11) is 0. The van der Waals surface area contributed by atoms with E-state index in [0.717, 1.165) is 19.5 Å². The molecule has 0 amide bonds. The predicted octanol–water partition coefficient (Wildman–Crippen LogP) is 9.26. The minimum atomic E-state index is -0.101. The standard InChI is InChI=1S/C36H45N2/c1-9-13-26-38-31-24-23-27-19-17-18-20-28(27)34(31)36(7,8)33(38)22-16-14-15-21-32-35(5,6)29(11-3)30(12-4)37(32)25-10-2/h11-12,14-24H,3-4,9-10,13,25-26H2,1-2,5-8H3/q+1. The van der Waals surface area contributed by atoms with Crippen LogP contribution in [0.5, 0.6) is 0 Å². The van der Waals surface area contributed by atoms with E-state index in [2.05, 4.69) is 131 Å². The molecule has 0 saturated carbocycles. The van der Waals surface area contributed by atoms with Crippen molar-refractivity contribution in [2.75, 3.05) is 18.0 Å². The topological polar surface area (TPSA) is 6.25 Å². The molecule has 2 heterocycles. The van der Waals surface area contributed by atoms with Gasteiger partial charge >= 0.3 is 0 Å². The molecule has 0 N–H and O–H groups in total. The molecule has 0 saturated heterocycles. The van der Waals surface area contributed by atoms with E-state index < -0.39 is 0 Å². The Morgan fingerprint density at radius 3 is 2.32 bits per heavy atom. The van der Waals surface area contributed by atoms with Crippen LogP contribution < -0.4 is 4.90 Å². The maximum atomic E-state index is 4.10. The Morgan fingerprint density at radius 1 is 0.868 bits per heavy atom. The third kappa shape index (κ3) is 4.66. The molecule has 0 atom stereocenters. The van der Waals surface area contributed by atoms with Gasteiger partial charge in [0.15, 0.2) is 5.71 Å². The average Bonchev–Trinajstić information content (AvgIpc) is 3.25. The second-order valence-electron chi connectivity index (χ2n) is 11.5. The third-order valence-corrected chi connectivity index (χ3v) is 8.24. The summed E-state index contributed by atoms with van der Waals surface area (Å²) < 4.78 is 2.40. The molecule has 2 aromatic carbocycles. The van der Waals surface area contributed by atoms with Gasteiger partial charge in [-0.1, -0.05) is 102 Å². The molecule has 4 rings (SSSR count). The smallest absolute Gasteiger partial charge is 0.209 e. The summed E-state index contributed by atoms with van der Waals surface area (Å²) in [5.74, 6) is 0. The Hall–Kier alpha value is -3.39. The van der Waals surface area contributed by atoms with Crippen LogP contribution in [0.1, 0.15) is 66.4 Å². The van der Waals surface area contributed by atoms with Gasteiger partial charge in [0.2, 0.25) is 5.70 Å². The number of hydrogen-bond donors (Lipinski definition) is 0. The number of rotatable bonds is 10. The second kappa shape index (κ2) is 11.2. The molecule has 2 heteroatoms. The number of allylic oxidation sites excluding steroid dienone is 9. The molecule has 0 bridgehead atoms. The second-order valence-corrected chi connectivity index (χ2v) is 11.5. The molecule has 0 radical (unpaired) electrons. The van der Waals surface area contributed by atoms with Gasteiger partial charge in [0.25, 0.3) is 0 Å². The lowest BCUT2D eigenvalue weighted by atomic mass is 9.80. The lowest BCUT2D eigenvalue weighted by molar-refractivity contribution is -0.469. The van der Waals surface area contributed by atoms with Gasteiger partial charge in [-0.05, 0) is 48.7 Å². The van der Waals surface area contributed by atoms with Crippen LogP contribution >= 0.6 is 0 Å². The summed E-state index contributed by atoms with van der Waals surface area (Å²) in [4.78, 5) is 2.55. The highest BCUT2D eigenvalue weighted by molar-refractivity contribution is 6.00. The number of unbranched alkanes of at least 4 members (excludes halogenated alkanes) is 1. The van der Waals surface area contributed by atoms with E-state index >= 15 is 0 Å². The summed E-state index contributed by atoms with van der Waals surface area (Å²) in [6.45, 7) is 24.0. The van der Waals surface area contributed by atoms with Crippen LogP contribution in [0.25, 0.3) is 10.8 Å². The first-order valence-electron chi connectivity index (χ1n) is 14.2. The number of fused-ring (bicyclic) bond motifs is 3. The van der Waals surface area contributed by atoms with E-state index in [1.165, 1.54) is 57.5 Å². The number of hydrogen-bond acceptors (Lipinski definition) is 1. The highest BCUT2D eigenvalue weighted by Gasteiger charge is 2.44. The number of benzene rings is 2. The van der Waals surface area contributed by atoms with Gasteiger partial charge in [0, 0.05) is 47.5 Å². The van der Waals surface area contributed by atoms with E-state index in [1.54, 1.807) is 0 Å². The van der Waals surface area contributed by atoms with Crippen LogP contribution in [0.2, 0.25) is 0 Å². The van der Waals surface area contributed by atoms with Crippen molar-refractivity contribution < 1.29 is 4.58 Å². The zero-order valence-corrected chi connectivity index (χ0v) is 24.3. The molecular weight excluding hydrogens is 460 g/mol. The summed E-state index contributed by atoms with van der Waals surface area (Å²) in [6, 6.07) is 13.4. The van der Waals surface area contributed by atoms with Gasteiger partial charge < -0.3 is 4.90 Å². The SMILES string of the molecule is C=CC1=C(C=C)C(C)(C)C(/C=C/C=C/C=C2/N(CCCC)c3ccc4ccccc4c3C2(C)C)=[N+]1CCC. The normalized spacial score (nSPS) is 19.5. The average molecular weight is 506 g/mol. The van der Waals surface area contributed by atoms with Crippen molar-refractivity contribution in [3.8, 4) is 0 Å². The van der Waals surface area contributed by atoms with Crippen molar-refractivity contribution >= 4 is 22.2 Å². The van der Waals surface area contributed by atoms with Crippen molar-refractivity contribution in [3.63, 3.8) is 0 Å². The fraction of sp³-hybridized carbons (Fsp3) is 0.361. The van der Waals surface area contributed by atoms with Crippen LogP contribution in [0.3, 0.4) is 0 Å². The molecule has 38 heavy (non-hydrogen) atoms. The largest absolute Gasteiger partial charge is 0.344 e. The summed E-state index contributed by atoms with van der Waals surface area (Å²) in [5, 5.41) is 2.68. The molecule has 2 aliphatic rings. The summed E-state index contributed by atoms with van der Waals surface area (Å²) in [6.07, 6.45) is 18.6. The van der Waals surface area contributed by atoms with Gasteiger partial charge in [0.1, 0.15) is 6.54 Å². The van der Waals surface area contributed by atoms with Crippen LogP contribution in [0, 0.1) is 5.41 Å². The molecule has 2 aliphatic heterocycles. The van der Waals surface area contributed by atoms with Crippen LogP contribution in [0.15, 0.2) is 109 Å². The first kappa shape index (κ1) is 27.6. The van der Waals surface area contributed by atoms with E-state index in [9.17, 15) is 0 Å². The third-order valence-electron chi connectivity index (χ3n) is 8.24. The maximum absolute atomic E-state index is 4.10. The number of nitrogens with zero attached hydrogens (tertiary/aromatic N) is 2. The van der Waals surface area contributed by atoms with Crippen LogP contribution in [-0.4, -0.2) is 23.4 Å². The fourth-order valence-electron chi connectivity index (χ4n) is 6.36. The van der Waals surface area contributed by atoms with Crippen LogP contribution in [-0.2, 0) is 5.41 Å². The number of anilines is 1. The lowest BCUT2D eigenvalue weighted by Crippen LogP contribution is -2.27. The molecule has 0 fully saturated rings. The van der Waals surface area contributed by atoms with E-state index in [-0.39, 0.29) is 10.8 Å². The molecule has 198 valence electrons. The summed E-state index contributed by atoms with van der Waals surface area (Å²) in [5.41, 5.74) is 7.73. The Kier molecular flexibility index (Phi) is 8.11. The van der Waals surface area contributed by atoms with Crippen molar-refractivity contribution in [2.45, 2.75) is 66.2 Å². The molecule has 0 aromatic heterocycles. The molecule has 2 aromatic rings. The van der Waals surface area contributed by atoms with Gasteiger partial charge in [-0.3, -0.25) is 0 Å². The maximum Gasteiger partial charge on any atom is 0.209 e. The monoisotopic (exact) mass is 505 g/mol. The van der Waals surface area contributed by atoms with E-state index in [0.29, 0.717) is 0 Å². The first-order valence-corrected chi connectivity index (χ1v) is 14.2.